The number of aromatic nitrogens is 2. The van der Waals surface area contributed by atoms with E-state index in [4.69, 9.17) is 5.73 Å². The Bertz CT molecular complexity index is 346. The molecular weight excluding hydrogens is 204 g/mol. The van der Waals surface area contributed by atoms with Crippen molar-refractivity contribution in [2.24, 2.45) is 18.7 Å². The second kappa shape index (κ2) is 5.65. The molecule has 16 heavy (non-hydrogen) atoms. The molecular formula is C11H20N4O. The van der Waals surface area contributed by atoms with E-state index in [0.29, 0.717) is 18.2 Å². The third-order valence-corrected chi connectivity index (χ3v) is 2.31. The van der Waals surface area contributed by atoms with E-state index in [-0.39, 0.29) is 11.9 Å². The van der Waals surface area contributed by atoms with Crippen LogP contribution >= 0.6 is 0 Å². The molecule has 0 radical (unpaired) electrons. The fourth-order valence-electron chi connectivity index (χ4n) is 1.57. The van der Waals surface area contributed by atoms with E-state index in [0.717, 1.165) is 6.42 Å². The van der Waals surface area contributed by atoms with Crippen LogP contribution in [0, 0.1) is 5.92 Å². The topological polar surface area (TPSA) is 72.9 Å². The Kier molecular flexibility index (Phi) is 4.49. The highest BCUT2D eigenvalue weighted by molar-refractivity contribution is 5.92. The molecule has 1 unspecified atom stereocenters. The number of amides is 1. The second-order valence-electron chi connectivity index (χ2n) is 4.46. The minimum atomic E-state index is -0.156. The largest absolute Gasteiger partial charge is 0.347 e. The Morgan fingerprint density at radius 2 is 2.31 bits per heavy atom. The summed E-state index contributed by atoms with van der Waals surface area (Å²) in [6, 6.07) is 0.0227. The fraction of sp³-hybridized carbons (Fsp3) is 0.636. The van der Waals surface area contributed by atoms with Gasteiger partial charge in [0.15, 0.2) is 0 Å². The molecule has 5 nitrogen and oxygen atoms in total. The van der Waals surface area contributed by atoms with E-state index < -0.39 is 0 Å². The highest BCUT2D eigenvalue weighted by atomic mass is 16.2. The number of hydrogen-bond acceptors (Lipinski definition) is 3. The minimum Gasteiger partial charge on any atom is -0.347 e. The van der Waals surface area contributed by atoms with Crippen LogP contribution in [0.1, 0.15) is 30.8 Å². The van der Waals surface area contributed by atoms with Crippen LogP contribution in [-0.2, 0) is 7.05 Å². The first-order valence-electron chi connectivity index (χ1n) is 5.51. The molecule has 1 atom stereocenters. The Morgan fingerprint density at radius 3 is 2.75 bits per heavy atom. The molecule has 3 N–H and O–H groups in total. The lowest BCUT2D eigenvalue weighted by Gasteiger charge is -2.17. The molecule has 0 saturated carbocycles. The predicted octanol–water partition coefficient (Wildman–Crippen LogP) is 0.523. The van der Waals surface area contributed by atoms with Crippen LogP contribution in [0.2, 0.25) is 0 Å². The van der Waals surface area contributed by atoms with Crippen molar-refractivity contribution < 1.29 is 4.79 Å². The summed E-state index contributed by atoms with van der Waals surface area (Å²) >= 11 is 0. The third kappa shape index (κ3) is 3.66. The summed E-state index contributed by atoms with van der Waals surface area (Å²) in [5.74, 6) is 0.356. The summed E-state index contributed by atoms with van der Waals surface area (Å²) in [4.78, 5) is 15.8. The molecule has 0 aliphatic heterocycles. The van der Waals surface area contributed by atoms with Gasteiger partial charge in [0.1, 0.15) is 5.69 Å². The van der Waals surface area contributed by atoms with Crippen LogP contribution in [-0.4, -0.2) is 28.0 Å². The zero-order valence-electron chi connectivity index (χ0n) is 10.1. The van der Waals surface area contributed by atoms with Crippen LogP contribution in [0.4, 0.5) is 0 Å². The van der Waals surface area contributed by atoms with E-state index in [1.54, 1.807) is 17.1 Å². The van der Waals surface area contributed by atoms with Crippen LogP contribution in [0.3, 0.4) is 0 Å². The van der Waals surface area contributed by atoms with Crippen LogP contribution < -0.4 is 11.1 Å². The van der Waals surface area contributed by atoms with Gasteiger partial charge in [-0.3, -0.25) is 4.79 Å². The van der Waals surface area contributed by atoms with Crippen molar-refractivity contribution in [2.75, 3.05) is 6.54 Å². The van der Waals surface area contributed by atoms with Crippen molar-refractivity contribution in [3.63, 3.8) is 0 Å². The number of nitrogens with zero attached hydrogens (tertiary/aromatic N) is 2. The normalized spacial score (nSPS) is 12.8. The number of imidazole rings is 1. The molecule has 0 fully saturated rings. The summed E-state index contributed by atoms with van der Waals surface area (Å²) in [6.07, 6.45) is 4.18. The first-order chi connectivity index (χ1) is 7.52. The summed E-state index contributed by atoms with van der Waals surface area (Å²) in [5.41, 5.74) is 6.05. The number of carbonyl (C=O) groups is 1. The molecule has 0 bridgehead atoms. The van der Waals surface area contributed by atoms with Gasteiger partial charge >= 0.3 is 0 Å². The van der Waals surface area contributed by atoms with Crippen molar-refractivity contribution >= 4 is 5.91 Å². The second-order valence-corrected chi connectivity index (χ2v) is 4.46. The van der Waals surface area contributed by atoms with Gasteiger partial charge in [-0.05, 0) is 12.3 Å². The van der Waals surface area contributed by atoms with Crippen LogP contribution in [0.15, 0.2) is 12.5 Å². The predicted molar refractivity (Wildman–Crippen MR) is 63.0 cm³/mol. The molecule has 90 valence electrons. The van der Waals surface area contributed by atoms with Gasteiger partial charge in [0.05, 0.1) is 6.33 Å². The lowest BCUT2D eigenvalue weighted by molar-refractivity contribution is 0.0929. The number of nitrogens with one attached hydrogen (secondary N) is 1. The van der Waals surface area contributed by atoms with E-state index in [9.17, 15) is 4.79 Å². The maximum Gasteiger partial charge on any atom is 0.271 e. The zero-order valence-corrected chi connectivity index (χ0v) is 10.1. The van der Waals surface area contributed by atoms with E-state index in [2.05, 4.69) is 24.1 Å². The van der Waals surface area contributed by atoms with Crippen molar-refractivity contribution in [3.8, 4) is 0 Å². The molecule has 5 heteroatoms. The molecule has 0 saturated heterocycles. The number of carbonyl (C=O) groups excluding carboxylic acids is 1. The average molecular weight is 224 g/mol. The molecule has 0 spiro atoms. The molecule has 1 amide bonds. The first kappa shape index (κ1) is 12.7. The number of hydrogen-bond donors (Lipinski definition) is 2. The Hall–Kier alpha value is -1.36. The molecule has 1 heterocycles. The summed E-state index contributed by atoms with van der Waals surface area (Å²) < 4.78 is 1.74. The minimum absolute atomic E-state index is 0.0227. The fourth-order valence-corrected chi connectivity index (χ4v) is 1.57. The van der Waals surface area contributed by atoms with E-state index in [1.807, 2.05) is 7.05 Å². The Labute approximate surface area is 96.0 Å². The quantitative estimate of drug-likeness (QED) is 0.766. The van der Waals surface area contributed by atoms with E-state index in [1.165, 1.54) is 0 Å². The van der Waals surface area contributed by atoms with Gasteiger partial charge in [-0.15, -0.1) is 0 Å². The highest BCUT2D eigenvalue weighted by Crippen LogP contribution is 2.04. The maximum atomic E-state index is 11.8. The van der Waals surface area contributed by atoms with Gasteiger partial charge in [0, 0.05) is 25.8 Å². The molecule has 1 aromatic heterocycles. The monoisotopic (exact) mass is 224 g/mol. The molecule has 0 aliphatic carbocycles. The Balaban J connectivity index is 2.55. The molecule has 1 aromatic rings. The lowest BCUT2D eigenvalue weighted by Crippen LogP contribution is -2.41. The number of rotatable bonds is 5. The standard InChI is InChI=1S/C11H20N4O/c1-8(2)4-9(5-12)14-11(16)10-6-15(3)7-13-10/h6-9H,4-5,12H2,1-3H3,(H,14,16). The molecule has 1 rings (SSSR count). The van der Waals surface area contributed by atoms with Crippen LogP contribution in [0.5, 0.6) is 0 Å². The number of nitrogens with two attached hydrogens (primary N) is 1. The smallest absolute Gasteiger partial charge is 0.271 e. The van der Waals surface area contributed by atoms with Gasteiger partial charge in [0.2, 0.25) is 0 Å². The van der Waals surface area contributed by atoms with Crippen LogP contribution in [0.25, 0.3) is 0 Å². The Morgan fingerprint density at radius 1 is 1.62 bits per heavy atom. The summed E-state index contributed by atoms with van der Waals surface area (Å²) in [6.45, 7) is 4.67. The lowest BCUT2D eigenvalue weighted by atomic mass is 10.0. The SMILES string of the molecule is CC(C)CC(CN)NC(=O)c1cn(C)cn1. The van der Waals surface area contributed by atoms with E-state index >= 15 is 0 Å². The van der Waals surface area contributed by atoms with Crippen molar-refractivity contribution in [3.05, 3.63) is 18.2 Å². The van der Waals surface area contributed by atoms with Crippen molar-refractivity contribution in [1.29, 1.82) is 0 Å². The summed E-state index contributed by atoms with van der Waals surface area (Å²) in [7, 11) is 1.83. The summed E-state index contributed by atoms with van der Waals surface area (Å²) in [5, 5.41) is 2.89. The van der Waals surface area contributed by atoms with Crippen molar-refractivity contribution in [1.82, 2.24) is 14.9 Å². The van der Waals surface area contributed by atoms with Gasteiger partial charge in [-0.1, -0.05) is 13.8 Å². The zero-order chi connectivity index (χ0) is 12.1. The van der Waals surface area contributed by atoms with Gasteiger partial charge in [0.25, 0.3) is 5.91 Å². The maximum absolute atomic E-state index is 11.8. The molecule has 0 aliphatic rings. The molecule has 0 aromatic carbocycles. The average Bonchev–Trinajstić information content (AvgIpc) is 2.63. The van der Waals surface area contributed by atoms with Gasteiger partial charge in [-0.2, -0.15) is 0 Å². The number of aryl methyl sites for hydroxylation is 1. The van der Waals surface area contributed by atoms with Gasteiger partial charge in [-0.25, -0.2) is 4.98 Å². The van der Waals surface area contributed by atoms with Gasteiger partial charge < -0.3 is 15.6 Å². The highest BCUT2D eigenvalue weighted by Gasteiger charge is 2.15. The van der Waals surface area contributed by atoms with Crippen molar-refractivity contribution in [2.45, 2.75) is 26.3 Å². The third-order valence-electron chi connectivity index (χ3n) is 2.31. The first-order valence-corrected chi connectivity index (χ1v) is 5.51.